The van der Waals surface area contributed by atoms with Crippen molar-refractivity contribution in [1.82, 2.24) is 0 Å². The van der Waals surface area contributed by atoms with Crippen LogP contribution in [0.5, 0.6) is 0 Å². The minimum atomic E-state index is -2.30. The van der Waals surface area contributed by atoms with Crippen molar-refractivity contribution in [2.45, 2.75) is 59.2 Å². The summed E-state index contributed by atoms with van der Waals surface area (Å²) in [5.41, 5.74) is -0.953. The van der Waals surface area contributed by atoms with Gasteiger partial charge in [0, 0.05) is 34.6 Å². The van der Waals surface area contributed by atoms with Gasteiger partial charge in [-0.25, -0.2) is 0 Å². The average molecular weight is 557 g/mol. The summed E-state index contributed by atoms with van der Waals surface area (Å²) in [7, 11) is -2.30. The van der Waals surface area contributed by atoms with Crippen molar-refractivity contribution < 1.29 is 23.5 Å². The zero-order valence-electron chi connectivity index (χ0n) is 19.5. The van der Waals surface area contributed by atoms with E-state index >= 15 is 0 Å². The Hall–Kier alpha value is -1.79. The first-order chi connectivity index (χ1) is 14.4. The van der Waals surface area contributed by atoms with E-state index in [1.807, 2.05) is 52.9 Å². The van der Waals surface area contributed by atoms with Crippen molar-refractivity contribution in [2.24, 2.45) is 5.41 Å². The highest BCUT2D eigenvalue weighted by molar-refractivity contribution is 14.1. The van der Waals surface area contributed by atoms with Gasteiger partial charge in [0.15, 0.2) is 5.41 Å². The van der Waals surface area contributed by atoms with E-state index in [0.29, 0.717) is 5.76 Å². The van der Waals surface area contributed by atoms with E-state index in [1.165, 1.54) is 0 Å². The first-order valence-electron chi connectivity index (χ1n) is 10.4. The Morgan fingerprint density at radius 2 is 1.55 bits per heavy atom. The van der Waals surface area contributed by atoms with E-state index in [1.54, 1.807) is 19.9 Å². The normalized spacial score (nSPS) is 12.5. The minimum absolute atomic E-state index is 0.0647. The number of carbonyl (C=O) groups excluding carboxylic acids is 2. The topological polar surface area (TPSA) is 61.8 Å². The van der Waals surface area contributed by atoms with E-state index in [4.69, 9.17) is 13.9 Å². The number of carbonyl (C=O) groups is 2. The molecule has 0 aliphatic rings. The van der Waals surface area contributed by atoms with Gasteiger partial charge in [-0.05, 0) is 42.0 Å². The van der Waals surface area contributed by atoms with Crippen molar-refractivity contribution in [2.75, 3.05) is 13.2 Å². The molecule has 5 nitrogen and oxygen atoms in total. The summed E-state index contributed by atoms with van der Waals surface area (Å²) in [5, 5.41) is -0.0839. The Morgan fingerprint density at radius 1 is 1.03 bits per heavy atom. The summed E-state index contributed by atoms with van der Waals surface area (Å²) >= 11 is 1.88. The molecule has 1 aromatic carbocycles. The Labute approximate surface area is 201 Å². The first kappa shape index (κ1) is 27.2. The van der Waals surface area contributed by atoms with Gasteiger partial charge in [0.1, 0.15) is 5.76 Å². The molecule has 0 aromatic heterocycles. The number of benzene rings is 1. The maximum atomic E-state index is 13.1. The molecule has 0 saturated carbocycles. The van der Waals surface area contributed by atoms with Gasteiger partial charge < -0.3 is 13.9 Å². The van der Waals surface area contributed by atoms with Gasteiger partial charge in [0.05, 0.1) is 13.2 Å². The zero-order valence-corrected chi connectivity index (χ0v) is 22.7. The summed E-state index contributed by atoms with van der Waals surface area (Å²) in [4.78, 5) is 26.3. The maximum absolute atomic E-state index is 13.1. The number of halogens is 1. The molecule has 0 aliphatic heterocycles. The third-order valence-electron chi connectivity index (χ3n) is 5.32. The quantitative estimate of drug-likeness (QED) is 0.0940. The molecule has 1 rings (SSSR count). The lowest BCUT2D eigenvalue weighted by molar-refractivity contribution is -0.167. The number of ether oxygens (including phenoxy) is 2. The third kappa shape index (κ3) is 7.11. The molecule has 0 N–H and O–H groups in total. The van der Waals surface area contributed by atoms with Crippen molar-refractivity contribution in [3.05, 3.63) is 42.0 Å². The Kier molecular flexibility index (Phi) is 10.3. The molecule has 0 amide bonds. The molecule has 7 heteroatoms. The molecule has 1 aromatic rings. The SMILES string of the molecule is CCOC(=O)C(/C=C(/O[Si](C)(C)C(C)(C)C)c1ccccc1)(CC#CI)C(=O)OCC. The van der Waals surface area contributed by atoms with Gasteiger partial charge in [-0.3, -0.25) is 9.59 Å². The highest BCUT2D eigenvalue weighted by atomic mass is 127. The van der Waals surface area contributed by atoms with Crippen molar-refractivity contribution in [3.63, 3.8) is 0 Å². The van der Waals surface area contributed by atoms with E-state index in [2.05, 4.69) is 43.7 Å². The fraction of sp³-hybridized carbons (Fsp3) is 0.500. The lowest BCUT2D eigenvalue weighted by atomic mass is 9.83. The van der Waals surface area contributed by atoms with Gasteiger partial charge in [0.25, 0.3) is 0 Å². The third-order valence-corrected chi connectivity index (χ3v) is 10.0. The van der Waals surface area contributed by atoms with E-state index in [9.17, 15) is 9.59 Å². The van der Waals surface area contributed by atoms with Gasteiger partial charge in [-0.1, -0.05) is 57.0 Å². The summed E-state index contributed by atoms with van der Waals surface area (Å²) in [6.45, 7) is 14.3. The van der Waals surface area contributed by atoms with Gasteiger partial charge in [0.2, 0.25) is 8.32 Å². The summed E-state index contributed by atoms with van der Waals surface area (Å²) in [6.07, 6.45) is 1.49. The molecule has 0 radical (unpaired) electrons. The van der Waals surface area contributed by atoms with E-state index in [-0.39, 0.29) is 24.7 Å². The summed E-state index contributed by atoms with van der Waals surface area (Å²) < 4.78 is 20.0. The number of hydrogen-bond acceptors (Lipinski definition) is 5. The summed E-state index contributed by atoms with van der Waals surface area (Å²) in [6, 6.07) is 9.46. The standard InChI is InChI=1S/C24H33IO5Si/c1-8-28-21(26)24(16-13-17-25,22(27)29-9-2)18-20(19-14-11-10-12-15-19)30-31(6,7)23(3,4)5/h10-12,14-15,18H,8-9,16H2,1-7H3/b20-18+. The monoisotopic (exact) mass is 556 g/mol. The Bertz CT molecular complexity index is 826. The molecular formula is C24H33IO5Si. The zero-order chi connectivity index (χ0) is 23.7. The Morgan fingerprint density at radius 3 is 1.97 bits per heavy atom. The van der Waals surface area contributed by atoms with Gasteiger partial charge in [-0.2, -0.15) is 0 Å². The molecule has 0 fully saturated rings. The molecule has 170 valence electrons. The van der Waals surface area contributed by atoms with Crippen LogP contribution in [0.4, 0.5) is 0 Å². The highest BCUT2D eigenvalue weighted by Gasteiger charge is 2.48. The van der Waals surface area contributed by atoms with Gasteiger partial charge in [-0.15, -0.1) is 0 Å². The number of rotatable bonds is 9. The van der Waals surface area contributed by atoms with Crippen LogP contribution in [0, 0.1) is 15.3 Å². The van der Waals surface area contributed by atoms with Crippen LogP contribution in [0.25, 0.3) is 5.76 Å². The fourth-order valence-electron chi connectivity index (χ4n) is 2.52. The van der Waals surface area contributed by atoms with Crippen LogP contribution in [0.2, 0.25) is 18.1 Å². The van der Waals surface area contributed by atoms with Crippen LogP contribution in [0.3, 0.4) is 0 Å². The van der Waals surface area contributed by atoms with Crippen LogP contribution in [0.1, 0.15) is 46.6 Å². The van der Waals surface area contributed by atoms with Crippen LogP contribution < -0.4 is 0 Å². The second-order valence-electron chi connectivity index (χ2n) is 8.60. The molecule has 0 aliphatic carbocycles. The van der Waals surface area contributed by atoms with Crippen molar-refractivity contribution in [1.29, 1.82) is 0 Å². The number of esters is 2. The first-order valence-corrected chi connectivity index (χ1v) is 14.3. The van der Waals surface area contributed by atoms with Gasteiger partial charge >= 0.3 is 11.9 Å². The molecule has 0 saturated heterocycles. The fourth-order valence-corrected chi connectivity index (χ4v) is 3.74. The molecule has 0 spiro atoms. The van der Waals surface area contributed by atoms with Crippen LogP contribution in [-0.4, -0.2) is 33.5 Å². The average Bonchev–Trinajstić information content (AvgIpc) is 2.70. The number of hydrogen-bond donors (Lipinski definition) is 0. The predicted octanol–water partition coefficient (Wildman–Crippen LogP) is 5.95. The maximum Gasteiger partial charge on any atom is 0.328 e. The molecule has 0 atom stereocenters. The smallest absolute Gasteiger partial charge is 0.328 e. The van der Waals surface area contributed by atoms with Crippen molar-refractivity contribution in [3.8, 4) is 9.85 Å². The predicted molar refractivity (Wildman–Crippen MR) is 135 cm³/mol. The second-order valence-corrected chi connectivity index (χ2v) is 13.9. The van der Waals surface area contributed by atoms with Crippen LogP contribution in [0.15, 0.2) is 36.4 Å². The van der Waals surface area contributed by atoms with Crippen LogP contribution in [-0.2, 0) is 23.5 Å². The highest BCUT2D eigenvalue weighted by Crippen LogP contribution is 2.41. The molecule has 0 unspecified atom stereocenters. The van der Waals surface area contributed by atoms with E-state index in [0.717, 1.165) is 5.56 Å². The largest absolute Gasteiger partial charge is 0.543 e. The van der Waals surface area contributed by atoms with Crippen molar-refractivity contribution >= 4 is 48.6 Å². The molecular weight excluding hydrogens is 523 g/mol. The van der Waals surface area contributed by atoms with E-state index < -0.39 is 25.7 Å². The minimum Gasteiger partial charge on any atom is -0.543 e. The summed E-state index contributed by atoms with van der Waals surface area (Å²) in [5.74, 6) is 1.94. The Balaban J connectivity index is 3.80. The second kappa shape index (κ2) is 11.7. The molecule has 0 bridgehead atoms. The lowest BCUT2D eigenvalue weighted by Gasteiger charge is -2.38. The lowest BCUT2D eigenvalue weighted by Crippen LogP contribution is -2.43. The molecule has 0 heterocycles. The molecule has 31 heavy (non-hydrogen) atoms. The van der Waals surface area contributed by atoms with Crippen LogP contribution >= 0.6 is 22.6 Å².